The molecule has 3 aliphatic heterocycles. The number of phenols is 1. The summed E-state index contributed by atoms with van der Waals surface area (Å²) in [5, 5.41) is 15.0. The second kappa shape index (κ2) is 34.6. The number of ketones is 1. The minimum absolute atomic E-state index is 0.0128. The van der Waals surface area contributed by atoms with E-state index in [9.17, 15) is 45.5 Å². The molecular formula is C73H70BBr3Cl4F6N2O12. The van der Waals surface area contributed by atoms with Gasteiger partial charge < -0.3 is 48.7 Å². The average molecular weight is 1670 g/mol. The van der Waals surface area contributed by atoms with E-state index in [2.05, 4.69) is 58.4 Å². The summed E-state index contributed by atoms with van der Waals surface area (Å²) in [4.78, 5) is 52.1. The largest absolute Gasteiger partial charge is 0.507 e. The van der Waals surface area contributed by atoms with Crippen molar-refractivity contribution in [2.45, 2.75) is 152 Å². The predicted octanol–water partition coefficient (Wildman–Crippen LogP) is 18.1. The Kier molecular flexibility index (Phi) is 27.0. The molecule has 1 saturated heterocycles. The zero-order valence-electron chi connectivity index (χ0n) is 55.5. The number of aromatic hydroxyl groups is 1. The summed E-state index contributed by atoms with van der Waals surface area (Å²) < 4.78 is 120. The van der Waals surface area contributed by atoms with Crippen LogP contribution in [0.1, 0.15) is 129 Å². The molecule has 6 aliphatic rings. The Bertz CT molecular complexity index is 4140. The van der Waals surface area contributed by atoms with Crippen LogP contribution < -0.4 is 35.0 Å². The van der Waals surface area contributed by atoms with E-state index in [-0.39, 0.29) is 78.0 Å². The first-order chi connectivity index (χ1) is 47.8. The number of ether oxygens (including phenoxy) is 5. The molecular weight excluding hydrogens is 1600 g/mol. The maximum Gasteiger partial charge on any atom is 0.498 e. The molecule has 0 aromatic heterocycles. The fourth-order valence-corrected chi connectivity index (χ4v) is 12.7. The van der Waals surface area contributed by atoms with Gasteiger partial charge in [-0.05, 0) is 195 Å². The van der Waals surface area contributed by atoms with Gasteiger partial charge in [0.1, 0.15) is 34.8 Å². The SMILES string of the molecule is BrC1CC1.CC(=O)C(Cc1ccc(-c2cc(F)c(F)cc2OC2CC2)c2c1CCCO2)NC(=O)c1c(Cl)cccc1Cl.COC(=O)C(Cc1ccc(B2OC(C)(C)C(C)(C)O2)c2c1CCCO2)NC(=O)c1c(Cl)cccc1Cl.Fc1cc(Br)c(OC2CC2)cc1F.Oc1cc(F)c(F)cc1Br. The summed E-state index contributed by atoms with van der Waals surface area (Å²) in [6, 6.07) is 21.1. The van der Waals surface area contributed by atoms with Crippen LogP contribution in [0.15, 0.2) is 106 Å². The van der Waals surface area contributed by atoms with Crippen LogP contribution in [0.2, 0.25) is 20.1 Å². The van der Waals surface area contributed by atoms with E-state index in [0.29, 0.717) is 58.5 Å². The Labute approximate surface area is 626 Å². The Hall–Kier alpha value is -6.22. The Morgan fingerprint density at radius 1 is 0.584 bits per heavy atom. The number of carbonyl (C=O) groups is 4. The van der Waals surface area contributed by atoms with Gasteiger partial charge in [-0.25, -0.2) is 31.1 Å². The van der Waals surface area contributed by atoms with Gasteiger partial charge in [0.2, 0.25) is 0 Å². The van der Waals surface area contributed by atoms with E-state index in [1.165, 1.54) is 26.9 Å². The van der Waals surface area contributed by atoms with Gasteiger partial charge in [-0.15, -0.1) is 0 Å². The summed E-state index contributed by atoms with van der Waals surface area (Å²) in [5.41, 5.74) is 4.53. The Morgan fingerprint density at radius 3 is 1.50 bits per heavy atom. The van der Waals surface area contributed by atoms with Crippen LogP contribution in [0.5, 0.6) is 28.7 Å². The lowest BCUT2D eigenvalue weighted by atomic mass is 9.75. The molecule has 538 valence electrons. The monoisotopic (exact) mass is 1670 g/mol. The Balaban J connectivity index is 0.000000172. The molecule has 14 nitrogen and oxygen atoms in total. The minimum Gasteiger partial charge on any atom is -0.507 e. The fraction of sp³-hybridized carbons (Fsp3) is 0.370. The van der Waals surface area contributed by atoms with E-state index in [0.717, 1.165) is 108 Å². The third-order valence-electron chi connectivity index (χ3n) is 17.1. The van der Waals surface area contributed by atoms with Crippen molar-refractivity contribution in [3.63, 3.8) is 0 Å². The lowest BCUT2D eigenvalue weighted by molar-refractivity contribution is -0.142. The number of methoxy groups -OCH3 is 1. The van der Waals surface area contributed by atoms with Crippen LogP contribution >= 0.6 is 94.2 Å². The average Bonchev–Trinajstić information content (AvgIpc) is 0.987. The first kappa shape index (κ1) is 78.9. The number of carbonyl (C=O) groups excluding carboxylic acids is 4. The highest BCUT2D eigenvalue weighted by atomic mass is 79.9. The molecule has 7 aromatic carbocycles. The number of Topliss-reactive ketones (excluding diaryl/α,β-unsaturated/α-hetero) is 1. The van der Waals surface area contributed by atoms with Crippen molar-refractivity contribution in [3.8, 4) is 39.9 Å². The number of halogens is 13. The van der Waals surface area contributed by atoms with Gasteiger partial charge in [0.05, 0.1) is 89.9 Å². The molecule has 7 aromatic rings. The summed E-state index contributed by atoms with van der Waals surface area (Å²) in [6.45, 7) is 10.5. The van der Waals surface area contributed by atoms with Gasteiger partial charge in [-0.2, -0.15) is 0 Å². The number of rotatable bonds is 16. The van der Waals surface area contributed by atoms with E-state index < -0.39 is 83.1 Å². The number of amides is 2. The van der Waals surface area contributed by atoms with Gasteiger partial charge in [0.25, 0.3) is 11.8 Å². The molecule has 4 fully saturated rings. The molecule has 28 heteroatoms. The standard InChI is InChI=1S/C29H25Cl2F2NO4.C26H30BCl2NO6.C9H7BrF2O.C6H3BrF2O.C3H5Br/c1-15(35)25(34-29(36)27-21(30)5-2-6-22(27)31)12-16-7-10-19(28-18(16)4-3-11-37-28)20-13-23(32)24(33)14-26(20)38-17-8-9-17;1-25(2)26(3,4)36-27(35-25)17-12-11-15(16-8-7-13-34-22(16)17)14-20(24(32)33-5)30-23(31)21-18(28)9-6-10-19(21)29;10-6-3-7(11)8(12)4-9(6)13-5-1-2-5;7-3-1-4(8)5(9)2-6(3)10;4-3-1-2-3/h2,5-7,10,13-14,17,25H,3-4,8-9,11-12H2,1H3,(H,34,36);6,9-12,20H,7-8,13-14H2,1-5H3,(H,30,31);3-5H,1-2H2;1-2,10H;3H,1-2H2. The van der Waals surface area contributed by atoms with Gasteiger partial charge >= 0.3 is 13.1 Å². The van der Waals surface area contributed by atoms with Crippen molar-refractivity contribution in [2.24, 2.45) is 0 Å². The highest BCUT2D eigenvalue weighted by Gasteiger charge is 2.53. The van der Waals surface area contributed by atoms with Crippen molar-refractivity contribution >= 4 is 130 Å². The van der Waals surface area contributed by atoms with Gasteiger partial charge in [-0.1, -0.05) is 98.7 Å². The summed E-state index contributed by atoms with van der Waals surface area (Å²) in [5.74, 6) is -6.07. The molecule has 0 bridgehead atoms. The van der Waals surface area contributed by atoms with Crippen molar-refractivity contribution in [1.29, 1.82) is 0 Å². The van der Waals surface area contributed by atoms with Gasteiger partial charge in [0, 0.05) is 52.5 Å². The van der Waals surface area contributed by atoms with Crippen LogP contribution in [0.25, 0.3) is 11.1 Å². The van der Waals surface area contributed by atoms with Crippen LogP contribution in [0.3, 0.4) is 0 Å². The van der Waals surface area contributed by atoms with E-state index in [1.807, 2.05) is 45.9 Å². The van der Waals surface area contributed by atoms with Crippen LogP contribution in [0.4, 0.5) is 26.3 Å². The first-order valence-corrected chi connectivity index (χ1v) is 36.3. The molecule has 3 heterocycles. The molecule has 3 N–H and O–H groups in total. The van der Waals surface area contributed by atoms with Gasteiger partial charge in [-0.3, -0.25) is 14.4 Å². The molecule has 0 radical (unpaired) electrons. The van der Waals surface area contributed by atoms with Crippen LogP contribution in [-0.4, -0.2) is 96.4 Å². The lowest BCUT2D eigenvalue weighted by Gasteiger charge is -2.32. The zero-order chi connectivity index (χ0) is 73.4. The number of hydrogen-bond donors (Lipinski definition) is 3. The van der Waals surface area contributed by atoms with Crippen molar-refractivity contribution < 1.29 is 83.6 Å². The molecule has 2 unspecified atom stereocenters. The normalized spacial score (nSPS) is 16.5. The Morgan fingerprint density at radius 2 is 1.01 bits per heavy atom. The third kappa shape index (κ3) is 20.6. The van der Waals surface area contributed by atoms with E-state index in [1.54, 1.807) is 42.5 Å². The number of hydrogen-bond acceptors (Lipinski definition) is 12. The topological polar surface area (TPSA) is 177 Å². The highest BCUT2D eigenvalue weighted by molar-refractivity contribution is 9.11. The number of esters is 1. The van der Waals surface area contributed by atoms with Crippen LogP contribution in [-0.2, 0) is 49.3 Å². The maximum absolute atomic E-state index is 14.3. The molecule has 2 atom stereocenters. The molecule has 3 aliphatic carbocycles. The van der Waals surface area contributed by atoms with Crippen molar-refractivity contribution in [1.82, 2.24) is 10.6 Å². The lowest BCUT2D eigenvalue weighted by Crippen LogP contribution is -2.44. The molecule has 0 spiro atoms. The van der Waals surface area contributed by atoms with Crippen molar-refractivity contribution in [2.75, 3.05) is 20.3 Å². The number of alkyl halides is 1. The molecule has 101 heavy (non-hydrogen) atoms. The minimum atomic E-state index is -1.05. The molecule has 2 amide bonds. The summed E-state index contributed by atoms with van der Waals surface area (Å²) in [7, 11) is 0.707. The second-order valence-electron chi connectivity index (χ2n) is 25.5. The molecule has 3 saturated carbocycles. The quantitative estimate of drug-likeness (QED) is 0.0275. The summed E-state index contributed by atoms with van der Waals surface area (Å²) in [6.07, 6.45) is 10.1. The van der Waals surface area contributed by atoms with E-state index in [4.69, 9.17) is 84.5 Å². The second-order valence-corrected chi connectivity index (χ2v) is 30.1. The third-order valence-corrected chi connectivity index (χ3v) is 20.6. The van der Waals surface area contributed by atoms with Gasteiger partial charge in [0.15, 0.2) is 40.7 Å². The number of nitrogens with one attached hydrogen (secondary N) is 2. The number of fused-ring (bicyclic) bond motifs is 2. The fourth-order valence-electron chi connectivity index (χ4n) is 10.5. The summed E-state index contributed by atoms with van der Waals surface area (Å²) >= 11 is 34.1. The van der Waals surface area contributed by atoms with Crippen molar-refractivity contribution in [3.05, 3.63) is 194 Å². The molecule has 13 rings (SSSR count). The zero-order valence-corrected chi connectivity index (χ0v) is 63.2. The number of benzene rings is 7. The smallest absolute Gasteiger partial charge is 0.498 e. The van der Waals surface area contributed by atoms with E-state index >= 15 is 0 Å². The highest BCUT2D eigenvalue weighted by Crippen LogP contribution is 2.45. The predicted molar refractivity (Wildman–Crippen MR) is 386 cm³/mol. The number of phenolic OH excluding ortho intramolecular Hbond substituents is 1. The first-order valence-electron chi connectivity index (χ1n) is 32.3. The van der Waals surface area contributed by atoms with Crippen LogP contribution in [0, 0.1) is 34.9 Å². The maximum atomic E-state index is 14.3.